The lowest BCUT2D eigenvalue weighted by molar-refractivity contribution is -0.114. The van der Waals surface area contributed by atoms with Crippen molar-refractivity contribution in [2.45, 2.75) is 29.4 Å². The van der Waals surface area contributed by atoms with Crippen LogP contribution in [0.1, 0.15) is 25.3 Å². The maximum absolute atomic E-state index is 13.0. The van der Waals surface area contributed by atoms with Crippen molar-refractivity contribution < 1.29 is 17.6 Å². The van der Waals surface area contributed by atoms with E-state index in [4.69, 9.17) is 0 Å². The smallest absolute Gasteiger partial charge is 0.251 e. The molecule has 2 aromatic rings. The molecule has 0 spiro atoms. The molecule has 1 heterocycles. The third kappa shape index (κ3) is 3.63. The minimum atomic E-state index is -3.70. The predicted octanol–water partition coefficient (Wildman–Crippen LogP) is 2.25. The molecule has 1 aliphatic carbocycles. The molecule has 1 amide bonds. The van der Waals surface area contributed by atoms with Crippen LogP contribution in [-0.4, -0.2) is 25.9 Å². The molecule has 0 atom stereocenters. The Kier molecular flexibility index (Phi) is 4.41. The first-order chi connectivity index (χ1) is 11.3. The summed E-state index contributed by atoms with van der Waals surface area (Å²) in [6.07, 6.45) is 2.91. The summed E-state index contributed by atoms with van der Waals surface area (Å²) in [5.41, 5.74) is 0.654. The van der Waals surface area contributed by atoms with E-state index in [2.05, 4.69) is 15.0 Å². The normalized spacial score (nSPS) is 15.9. The van der Waals surface area contributed by atoms with E-state index in [-0.39, 0.29) is 33.0 Å². The van der Waals surface area contributed by atoms with Crippen LogP contribution >= 0.6 is 11.3 Å². The summed E-state index contributed by atoms with van der Waals surface area (Å²) in [6, 6.07) is 6.15. The second kappa shape index (κ2) is 6.23. The number of nitrogens with one attached hydrogen (secondary N) is 2. The van der Waals surface area contributed by atoms with E-state index < -0.39 is 10.0 Å². The Bertz CT molecular complexity index is 858. The highest BCUT2D eigenvalue weighted by Gasteiger charge is 2.44. The van der Waals surface area contributed by atoms with Gasteiger partial charge in [-0.2, -0.15) is 0 Å². The van der Waals surface area contributed by atoms with Gasteiger partial charge in [-0.25, -0.2) is 22.5 Å². The number of carbonyl (C=O) groups excluding carboxylic acids is 1. The third-order valence-electron chi connectivity index (χ3n) is 3.94. The average Bonchev–Trinajstić information content (AvgIpc) is 3.17. The second-order valence-corrected chi connectivity index (χ2v) is 8.80. The molecule has 1 aromatic carbocycles. The fourth-order valence-corrected chi connectivity index (χ4v) is 4.67. The van der Waals surface area contributed by atoms with Crippen molar-refractivity contribution in [3.05, 3.63) is 41.8 Å². The van der Waals surface area contributed by atoms with Crippen molar-refractivity contribution in [2.75, 3.05) is 11.9 Å². The van der Waals surface area contributed by atoms with E-state index in [1.807, 2.05) is 0 Å². The molecule has 24 heavy (non-hydrogen) atoms. The van der Waals surface area contributed by atoms with Crippen LogP contribution in [0.4, 0.5) is 9.52 Å². The number of hydrogen-bond acceptors (Lipinski definition) is 5. The Balaban J connectivity index is 1.70. The topological polar surface area (TPSA) is 88.2 Å². The number of hydrogen-bond donors (Lipinski definition) is 2. The molecule has 0 radical (unpaired) electrons. The lowest BCUT2D eigenvalue weighted by atomic mass is 9.96. The molecule has 9 heteroatoms. The minimum Gasteiger partial charge on any atom is -0.302 e. The Morgan fingerprint density at radius 2 is 2.00 bits per heavy atom. The van der Waals surface area contributed by atoms with Crippen LogP contribution in [0, 0.1) is 5.82 Å². The molecule has 0 aliphatic heterocycles. The second-order valence-electron chi connectivity index (χ2n) is 5.78. The summed E-state index contributed by atoms with van der Waals surface area (Å²) in [4.78, 5) is 14.9. The molecule has 2 N–H and O–H groups in total. The summed E-state index contributed by atoms with van der Waals surface area (Å²) in [6.45, 7) is 1.57. The minimum absolute atomic E-state index is 0.0427. The molecule has 0 unspecified atom stereocenters. The Morgan fingerprint density at radius 3 is 2.58 bits per heavy atom. The number of amides is 1. The van der Waals surface area contributed by atoms with Gasteiger partial charge >= 0.3 is 0 Å². The summed E-state index contributed by atoms with van der Waals surface area (Å²) in [5.74, 6) is -0.625. The van der Waals surface area contributed by atoms with Crippen LogP contribution < -0.4 is 10.0 Å². The van der Waals surface area contributed by atoms with Crippen molar-refractivity contribution in [3.63, 3.8) is 0 Å². The van der Waals surface area contributed by atoms with Crippen LogP contribution in [0.15, 0.2) is 34.7 Å². The van der Waals surface area contributed by atoms with Crippen LogP contribution in [0.2, 0.25) is 0 Å². The van der Waals surface area contributed by atoms with Crippen LogP contribution in [0.25, 0.3) is 0 Å². The zero-order valence-corrected chi connectivity index (χ0v) is 14.5. The van der Waals surface area contributed by atoms with Gasteiger partial charge in [0.15, 0.2) is 9.34 Å². The lowest BCUT2D eigenvalue weighted by Gasteiger charge is -2.16. The first-order valence-corrected chi connectivity index (χ1v) is 9.60. The number of sulfonamides is 1. The fourth-order valence-electron chi connectivity index (χ4n) is 2.42. The number of benzene rings is 1. The highest BCUT2D eigenvalue weighted by molar-refractivity contribution is 7.91. The van der Waals surface area contributed by atoms with Crippen molar-refractivity contribution >= 4 is 32.4 Å². The summed E-state index contributed by atoms with van der Waals surface area (Å²) in [5, 5.41) is 2.69. The number of rotatable bonds is 6. The van der Waals surface area contributed by atoms with Gasteiger partial charge in [0.1, 0.15) is 5.82 Å². The third-order valence-corrected chi connectivity index (χ3v) is 6.72. The zero-order valence-electron chi connectivity index (χ0n) is 12.9. The Labute approximate surface area is 143 Å². The summed E-state index contributed by atoms with van der Waals surface area (Å²) < 4.78 is 40.4. The number of carbonyl (C=O) groups is 1. The van der Waals surface area contributed by atoms with E-state index in [9.17, 15) is 17.6 Å². The number of aromatic nitrogens is 1. The number of nitrogens with zero attached hydrogens (tertiary/aromatic N) is 1. The predicted molar refractivity (Wildman–Crippen MR) is 88.9 cm³/mol. The molecule has 0 saturated heterocycles. The Morgan fingerprint density at radius 1 is 1.33 bits per heavy atom. The van der Waals surface area contributed by atoms with Crippen molar-refractivity contribution in [3.8, 4) is 0 Å². The summed E-state index contributed by atoms with van der Waals surface area (Å²) >= 11 is 0.894. The van der Waals surface area contributed by atoms with E-state index in [1.54, 1.807) is 12.1 Å². The fraction of sp³-hybridized carbons (Fsp3) is 0.333. The molecule has 1 saturated carbocycles. The molecule has 1 aliphatic rings. The first kappa shape index (κ1) is 17.0. The van der Waals surface area contributed by atoms with Gasteiger partial charge < -0.3 is 5.32 Å². The van der Waals surface area contributed by atoms with Crippen LogP contribution in [0.3, 0.4) is 0 Å². The largest absolute Gasteiger partial charge is 0.302 e. The van der Waals surface area contributed by atoms with Crippen molar-refractivity contribution in [1.82, 2.24) is 9.71 Å². The van der Waals surface area contributed by atoms with Gasteiger partial charge in [-0.05, 0) is 30.5 Å². The van der Waals surface area contributed by atoms with Crippen LogP contribution in [0.5, 0.6) is 0 Å². The maximum atomic E-state index is 13.0. The van der Waals surface area contributed by atoms with Gasteiger partial charge in [0.05, 0.1) is 6.20 Å². The molecule has 0 bridgehead atoms. The van der Waals surface area contributed by atoms with E-state index in [0.717, 1.165) is 29.7 Å². The molecule has 128 valence electrons. The molecule has 1 aromatic heterocycles. The van der Waals surface area contributed by atoms with Crippen molar-refractivity contribution in [1.29, 1.82) is 0 Å². The quantitative estimate of drug-likeness (QED) is 0.817. The summed E-state index contributed by atoms with van der Waals surface area (Å²) in [7, 11) is -3.70. The van der Waals surface area contributed by atoms with E-state index in [0.29, 0.717) is 0 Å². The highest BCUT2D eigenvalue weighted by atomic mass is 32.2. The molecule has 1 fully saturated rings. The molecule has 3 rings (SSSR count). The van der Waals surface area contributed by atoms with Gasteiger partial charge in [0.25, 0.3) is 10.0 Å². The van der Waals surface area contributed by atoms with Gasteiger partial charge in [0.2, 0.25) is 5.91 Å². The number of halogens is 1. The van der Waals surface area contributed by atoms with Gasteiger partial charge in [-0.3, -0.25) is 4.79 Å². The molecular formula is C15H16FN3O3S2. The first-order valence-electron chi connectivity index (χ1n) is 7.30. The van der Waals surface area contributed by atoms with Crippen molar-refractivity contribution in [2.24, 2.45) is 0 Å². The van der Waals surface area contributed by atoms with E-state index in [1.165, 1.54) is 25.3 Å². The standard InChI is InChI=1S/C15H16FN3O3S2/c1-10(20)19-14-17-8-13(23-14)24(21,22)18-9-15(6-7-15)11-2-4-12(16)5-3-11/h2-5,8,18H,6-7,9H2,1H3,(H,17,19,20). The highest BCUT2D eigenvalue weighted by Crippen LogP contribution is 2.47. The van der Waals surface area contributed by atoms with Gasteiger partial charge in [-0.15, -0.1) is 0 Å². The number of anilines is 1. The van der Waals surface area contributed by atoms with Crippen LogP contribution in [-0.2, 0) is 20.2 Å². The van der Waals surface area contributed by atoms with Gasteiger partial charge in [-0.1, -0.05) is 23.5 Å². The zero-order chi connectivity index (χ0) is 17.4. The van der Waals surface area contributed by atoms with E-state index >= 15 is 0 Å². The average molecular weight is 369 g/mol. The lowest BCUT2D eigenvalue weighted by Crippen LogP contribution is -2.31. The molecular weight excluding hydrogens is 353 g/mol. The Hall–Kier alpha value is -1.84. The SMILES string of the molecule is CC(=O)Nc1ncc(S(=O)(=O)NCC2(c3ccc(F)cc3)CC2)s1. The number of thiazole rings is 1. The monoisotopic (exact) mass is 369 g/mol. The molecule has 6 nitrogen and oxygen atoms in total. The van der Waals surface area contributed by atoms with Gasteiger partial charge in [0, 0.05) is 18.9 Å². The maximum Gasteiger partial charge on any atom is 0.251 e.